The lowest BCUT2D eigenvalue weighted by atomic mass is 10.2. The van der Waals surface area contributed by atoms with Gasteiger partial charge in [0.05, 0.1) is 24.4 Å². The molecule has 6 nitrogen and oxygen atoms in total. The Morgan fingerprint density at radius 3 is 2.50 bits per heavy atom. The second-order valence-electron chi connectivity index (χ2n) is 3.50. The molecule has 0 saturated heterocycles. The molecule has 0 fully saturated rings. The summed E-state index contributed by atoms with van der Waals surface area (Å²) < 4.78 is 4.49. The Kier molecular flexibility index (Phi) is 6.15. The van der Waals surface area contributed by atoms with Gasteiger partial charge < -0.3 is 20.9 Å². The molecule has 18 heavy (non-hydrogen) atoms. The zero-order valence-electron chi connectivity index (χ0n) is 9.97. The van der Waals surface area contributed by atoms with Gasteiger partial charge in [-0.2, -0.15) is 0 Å². The first kappa shape index (κ1) is 16.2. The van der Waals surface area contributed by atoms with E-state index in [1.54, 1.807) is 0 Å². The summed E-state index contributed by atoms with van der Waals surface area (Å²) in [4.78, 5) is 22.5. The maximum atomic E-state index is 11.3. The summed E-state index contributed by atoms with van der Waals surface area (Å²) in [7, 11) is 1.24. The molecule has 100 valence electrons. The number of rotatable bonds is 3. The van der Waals surface area contributed by atoms with Crippen molar-refractivity contribution in [3.8, 4) is 5.75 Å². The minimum atomic E-state index is -0.685. The number of phenolic OH excluding ortho intramolecular Hbond substituents is 1. The van der Waals surface area contributed by atoms with Gasteiger partial charge >= 0.3 is 5.97 Å². The van der Waals surface area contributed by atoms with Crippen LogP contribution < -0.4 is 11.1 Å². The number of halogens is 1. The third-order valence-corrected chi connectivity index (χ3v) is 2.09. The molecule has 1 amide bonds. The first-order chi connectivity index (χ1) is 7.95. The van der Waals surface area contributed by atoms with Crippen molar-refractivity contribution in [2.45, 2.75) is 13.0 Å². The molecule has 1 atom stereocenters. The van der Waals surface area contributed by atoms with Crippen molar-refractivity contribution in [1.29, 1.82) is 0 Å². The number of ether oxygens (including phenoxy) is 1. The molecular formula is C11H15ClN2O4. The lowest BCUT2D eigenvalue weighted by molar-refractivity contribution is -0.117. The minimum Gasteiger partial charge on any atom is -0.506 e. The van der Waals surface area contributed by atoms with E-state index in [4.69, 9.17) is 5.73 Å². The van der Waals surface area contributed by atoms with Crippen LogP contribution in [-0.4, -0.2) is 30.1 Å². The molecule has 7 heteroatoms. The van der Waals surface area contributed by atoms with Crippen molar-refractivity contribution in [3.05, 3.63) is 23.8 Å². The van der Waals surface area contributed by atoms with E-state index in [1.807, 2.05) is 0 Å². The Morgan fingerprint density at radius 1 is 1.44 bits per heavy atom. The molecule has 0 aromatic heterocycles. The molecule has 1 aromatic rings. The van der Waals surface area contributed by atoms with E-state index in [-0.39, 0.29) is 29.4 Å². The first-order valence-electron chi connectivity index (χ1n) is 4.93. The van der Waals surface area contributed by atoms with Gasteiger partial charge in [0.2, 0.25) is 5.91 Å². The molecule has 0 radical (unpaired) electrons. The topological polar surface area (TPSA) is 102 Å². The highest BCUT2D eigenvalue weighted by Gasteiger charge is 2.12. The zero-order chi connectivity index (χ0) is 13.0. The van der Waals surface area contributed by atoms with E-state index in [2.05, 4.69) is 10.1 Å². The Bertz CT molecular complexity index is 449. The molecule has 4 N–H and O–H groups in total. The number of phenols is 1. The second kappa shape index (κ2) is 6.83. The van der Waals surface area contributed by atoms with Crippen LogP contribution in [0.3, 0.4) is 0 Å². The number of hydrogen-bond acceptors (Lipinski definition) is 5. The third kappa shape index (κ3) is 3.90. The highest BCUT2D eigenvalue weighted by molar-refractivity contribution is 5.97. The fraction of sp³-hybridized carbons (Fsp3) is 0.273. The predicted octanol–water partition coefficient (Wildman–Crippen LogP) is 0.886. The van der Waals surface area contributed by atoms with Crippen LogP contribution >= 0.6 is 12.4 Å². The van der Waals surface area contributed by atoms with Crippen LogP contribution in [0, 0.1) is 0 Å². The quantitative estimate of drug-likeness (QED) is 0.561. The van der Waals surface area contributed by atoms with Crippen LogP contribution in [0.15, 0.2) is 18.2 Å². The molecular weight excluding hydrogens is 260 g/mol. The van der Waals surface area contributed by atoms with Gasteiger partial charge in [-0.1, -0.05) is 0 Å². The Labute approximate surface area is 111 Å². The van der Waals surface area contributed by atoms with E-state index >= 15 is 0 Å². The second-order valence-corrected chi connectivity index (χ2v) is 3.50. The Morgan fingerprint density at radius 2 is 2.06 bits per heavy atom. The number of hydrogen-bond donors (Lipinski definition) is 3. The summed E-state index contributed by atoms with van der Waals surface area (Å²) in [6.45, 7) is 1.52. The average molecular weight is 275 g/mol. The normalized spacial score (nSPS) is 11.1. The van der Waals surface area contributed by atoms with Gasteiger partial charge in [-0.25, -0.2) is 4.79 Å². The van der Waals surface area contributed by atoms with Gasteiger partial charge in [0.1, 0.15) is 5.75 Å². The zero-order valence-corrected chi connectivity index (χ0v) is 10.8. The van der Waals surface area contributed by atoms with Crippen molar-refractivity contribution in [3.63, 3.8) is 0 Å². The smallest absolute Gasteiger partial charge is 0.337 e. The first-order valence-corrected chi connectivity index (χ1v) is 4.93. The summed E-state index contributed by atoms with van der Waals surface area (Å²) in [5.41, 5.74) is 5.76. The Balaban J connectivity index is 0.00000289. The number of carbonyl (C=O) groups excluding carboxylic acids is 2. The molecule has 1 rings (SSSR count). The molecule has 1 aromatic carbocycles. The Hall–Kier alpha value is -1.79. The number of aromatic hydroxyl groups is 1. The number of carbonyl (C=O) groups is 2. The van der Waals surface area contributed by atoms with Crippen molar-refractivity contribution in [2.24, 2.45) is 5.73 Å². The van der Waals surface area contributed by atoms with E-state index in [9.17, 15) is 14.7 Å². The summed E-state index contributed by atoms with van der Waals surface area (Å²) in [5.74, 6) is -1.21. The lowest BCUT2D eigenvalue weighted by Crippen LogP contribution is -2.32. The molecule has 0 bridgehead atoms. The van der Waals surface area contributed by atoms with Gasteiger partial charge in [0.25, 0.3) is 0 Å². The predicted molar refractivity (Wildman–Crippen MR) is 69.0 cm³/mol. The van der Waals surface area contributed by atoms with Gasteiger partial charge in [-0.3, -0.25) is 4.79 Å². The van der Waals surface area contributed by atoms with Gasteiger partial charge in [-0.05, 0) is 25.1 Å². The fourth-order valence-corrected chi connectivity index (χ4v) is 1.13. The van der Waals surface area contributed by atoms with Crippen molar-refractivity contribution < 1.29 is 19.4 Å². The summed E-state index contributed by atoms with van der Waals surface area (Å²) >= 11 is 0. The van der Waals surface area contributed by atoms with E-state index in [1.165, 1.54) is 32.2 Å². The van der Waals surface area contributed by atoms with E-state index in [0.29, 0.717) is 0 Å². The standard InChI is InChI=1S/C11H14N2O4.ClH/c1-6(12)10(15)13-8-4-3-7(5-9(8)14)11(16)17-2;/h3-6,14H,12H2,1-2H3,(H,13,15);1H/t6-;/m0./s1. The van der Waals surface area contributed by atoms with Gasteiger partial charge in [0.15, 0.2) is 0 Å². The molecule has 0 saturated carbocycles. The highest BCUT2D eigenvalue weighted by Crippen LogP contribution is 2.24. The average Bonchev–Trinajstić information content (AvgIpc) is 2.30. The minimum absolute atomic E-state index is 0. The largest absolute Gasteiger partial charge is 0.506 e. The maximum absolute atomic E-state index is 11.3. The third-order valence-electron chi connectivity index (χ3n) is 2.09. The van der Waals surface area contributed by atoms with Gasteiger partial charge in [0, 0.05) is 0 Å². The number of esters is 1. The SMILES string of the molecule is COC(=O)c1ccc(NC(=O)[C@H](C)N)c(O)c1.Cl. The molecule has 0 spiro atoms. The molecule has 0 aliphatic carbocycles. The number of anilines is 1. The monoisotopic (exact) mass is 274 g/mol. The molecule has 0 unspecified atom stereocenters. The number of benzene rings is 1. The molecule has 0 aliphatic heterocycles. The van der Waals surface area contributed by atoms with Crippen LogP contribution in [-0.2, 0) is 9.53 Å². The summed E-state index contributed by atoms with van der Waals surface area (Å²) in [6, 6.07) is 3.36. The molecule has 0 aliphatic rings. The van der Waals surface area contributed by atoms with Crippen LogP contribution in [0.4, 0.5) is 5.69 Å². The number of nitrogens with one attached hydrogen (secondary N) is 1. The van der Waals surface area contributed by atoms with Crippen LogP contribution in [0.25, 0.3) is 0 Å². The van der Waals surface area contributed by atoms with Crippen LogP contribution in [0.1, 0.15) is 17.3 Å². The summed E-state index contributed by atoms with van der Waals surface area (Å²) in [5, 5.41) is 12.0. The van der Waals surface area contributed by atoms with Crippen molar-refractivity contribution in [1.82, 2.24) is 0 Å². The van der Waals surface area contributed by atoms with Crippen molar-refractivity contribution >= 4 is 30.0 Å². The number of amides is 1. The van der Waals surface area contributed by atoms with Gasteiger partial charge in [-0.15, -0.1) is 12.4 Å². The highest BCUT2D eigenvalue weighted by atomic mass is 35.5. The van der Waals surface area contributed by atoms with E-state index in [0.717, 1.165) is 0 Å². The molecule has 0 heterocycles. The number of methoxy groups -OCH3 is 1. The van der Waals surface area contributed by atoms with Crippen molar-refractivity contribution in [2.75, 3.05) is 12.4 Å². The van der Waals surface area contributed by atoms with Crippen LogP contribution in [0.5, 0.6) is 5.75 Å². The maximum Gasteiger partial charge on any atom is 0.337 e. The van der Waals surface area contributed by atoms with Crippen LogP contribution in [0.2, 0.25) is 0 Å². The summed E-state index contributed by atoms with van der Waals surface area (Å²) in [6.07, 6.45) is 0. The number of nitrogens with two attached hydrogens (primary N) is 1. The van der Waals surface area contributed by atoms with E-state index < -0.39 is 17.9 Å². The lowest BCUT2D eigenvalue weighted by Gasteiger charge is -2.10. The fourth-order valence-electron chi connectivity index (χ4n) is 1.13.